The maximum absolute atomic E-state index is 13.6. The quantitative estimate of drug-likeness (QED) is 0.266. The normalized spacial score (nSPS) is 14.6. The number of rotatable bonds is 7. The lowest BCUT2D eigenvalue weighted by molar-refractivity contribution is -0.113. The van der Waals surface area contributed by atoms with Gasteiger partial charge in [0.25, 0.3) is 5.91 Å². The molecule has 0 fully saturated rings. The van der Waals surface area contributed by atoms with E-state index in [0.29, 0.717) is 33.1 Å². The second-order valence-corrected chi connectivity index (χ2v) is 10.1. The number of anilines is 2. The van der Waals surface area contributed by atoms with E-state index in [1.807, 2.05) is 43.3 Å². The third kappa shape index (κ3) is 5.35. The summed E-state index contributed by atoms with van der Waals surface area (Å²) in [6.07, 6.45) is 0. The number of thioether (sulfide) groups is 1. The minimum absolute atomic E-state index is 0.231. The number of hydrogen-bond donors (Lipinski definition) is 2. The monoisotopic (exact) mass is 531 g/mol. The summed E-state index contributed by atoms with van der Waals surface area (Å²) in [4.78, 5) is 18.3. The van der Waals surface area contributed by atoms with E-state index in [9.17, 15) is 4.79 Å². The Kier molecular flexibility index (Phi) is 7.21. The highest BCUT2D eigenvalue weighted by atomic mass is 35.5. The van der Waals surface area contributed by atoms with Gasteiger partial charge in [0.15, 0.2) is 0 Å². The number of ether oxygens (including phenoxy) is 1. The van der Waals surface area contributed by atoms with E-state index in [4.69, 9.17) is 26.4 Å². The van der Waals surface area contributed by atoms with Gasteiger partial charge in [-0.2, -0.15) is 4.98 Å². The molecule has 1 aromatic heterocycles. The van der Waals surface area contributed by atoms with Crippen molar-refractivity contribution in [3.8, 4) is 5.75 Å². The van der Waals surface area contributed by atoms with Gasteiger partial charge in [-0.3, -0.25) is 4.79 Å². The van der Waals surface area contributed by atoms with Crippen LogP contribution in [0.4, 0.5) is 11.6 Å². The lowest BCUT2D eigenvalue weighted by Crippen LogP contribution is -2.31. The van der Waals surface area contributed by atoms with Gasteiger partial charge in [0.05, 0.1) is 12.7 Å². The molecular formula is C28H26ClN5O2S. The molecule has 188 valence electrons. The molecule has 1 atom stereocenters. The molecule has 1 aliphatic heterocycles. The van der Waals surface area contributed by atoms with Crippen molar-refractivity contribution in [1.29, 1.82) is 0 Å². The fraction of sp³-hybridized carbons (Fsp3) is 0.179. The van der Waals surface area contributed by atoms with Crippen LogP contribution in [0.5, 0.6) is 5.75 Å². The third-order valence-corrected chi connectivity index (χ3v) is 7.37. The van der Waals surface area contributed by atoms with E-state index in [-0.39, 0.29) is 5.91 Å². The summed E-state index contributed by atoms with van der Waals surface area (Å²) in [5, 5.41) is 12.4. The number of aromatic nitrogens is 3. The first kappa shape index (κ1) is 24.9. The Labute approximate surface area is 224 Å². The van der Waals surface area contributed by atoms with Crippen LogP contribution in [-0.4, -0.2) is 27.8 Å². The molecule has 2 N–H and O–H groups in total. The molecule has 2 heterocycles. The van der Waals surface area contributed by atoms with Gasteiger partial charge in [-0.15, -0.1) is 5.10 Å². The highest BCUT2D eigenvalue weighted by molar-refractivity contribution is 7.98. The summed E-state index contributed by atoms with van der Waals surface area (Å²) in [7, 11) is 1.61. The van der Waals surface area contributed by atoms with Gasteiger partial charge in [-0.25, -0.2) is 4.68 Å². The molecule has 0 spiro atoms. The summed E-state index contributed by atoms with van der Waals surface area (Å²) in [6, 6.07) is 22.5. The molecule has 3 aromatic carbocycles. The Morgan fingerprint density at radius 3 is 2.51 bits per heavy atom. The lowest BCUT2D eigenvalue weighted by Gasteiger charge is -2.28. The average molecular weight is 532 g/mol. The topological polar surface area (TPSA) is 81.1 Å². The smallest absolute Gasteiger partial charge is 0.255 e. The van der Waals surface area contributed by atoms with E-state index in [1.165, 1.54) is 11.1 Å². The lowest BCUT2D eigenvalue weighted by atomic mass is 9.95. The van der Waals surface area contributed by atoms with Crippen LogP contribution in [0.15, 0.2) is 89.2 Å². The molecule has 37 heavy (non-hydrogen) atoms. The van der Waals surface area contributed by atoms with Gasteiger partial charge in [-0.05, 0) is 66.9 Å². The molecule has 5 rings (SSSR count). The molecule has 0 radical (unpaired) electrons. The first-order valence-corrected chi connectivity index (χ1v) is 13.1. The number of nitrogens with zero attached hydrogens (tertiary/aromatic N) is 3. The zero-order valence-electron chi connectivity index (χ0n) is 20.7. The maximum Gasteiger partial charge on any atom is 0.255 e. The molecule has 9 heteroatoms. The molecule has 4 aromatic rings. The summed E-state index contributed by atoms with van der Waals surface area (Å²) in [5.74, 6) is 1.82. The van der Waals surface area contributed by atoms with E-state index in [2.05, 4.69) is 29.7 Å². The van der Waals surface area contributed by atoms with Gasteiger partial charge in [0.2, 0.25) is 11.1 Å². The minimum Gasteiger partial charge on any atom is -0.497 e. The van der Waals surface area contributed by atoms with Gasteiger partial charge in [0, 0.05) is 22.2 Å². The molecule has 0 saturated carbocycles. The predicted octanol–water partition coefficient (Wildman–Crippen LogP) is 6.47. The van der Waals surface area contributed by atoms with Gasteiger partial charge < -0.3 is 15.4 Å². The number of aryl methyl sites for hydroxylation is 1. The molecule has 7 nitrogen and oxygen atoms in total. The van der Waals surface area contributed by atoms with Crippen LogP contribution in [0.25, 0.3) is 0 Å². The first-order chi connectivity index (χ1) is 17.9. The predicted molar refractivity (Wildman–Crippen MR) is 148 cm³/mol. The van der Waals surface area contributed by atoms with Crippen molar-refractivity contribution in [2.24, 2.45) is 0 Å². The Hall–Kier alpha value is -3.75. The second-order valence-electron chi connectivity index (χ2n) is 8.68. The van der Waals surface area contributed by atoms with Crippen molar-refractivity contribution in [2.75, 3.05) is 17.7 Å². The summed E-state index contributed by atoms with van der Waals surface area (Å²) < 4.78 is 7.00. The van der Waals surface area contributed by atoms with Crippen LogP contribution < -0.4 is 15.4 Å². The molecular weight excluding hydrogens is 506 g/mol. The van der Waals surface area contributed by atoms with Crippen LogP contribution in [0.2, 0.25) is 5.02 Å². The van der Waals surface area contributed by atoms with E-state index < -0.39 is 6.04 Å². The number of hydrogen-bond acceptors (Lipinski definition) is 6. The van der Waals surface area contributed by atoms with Gasteiger partial charge >= 0.3 is 0 Å². The van der Waals surface area contributed by atoms with Crippen LogP contribution in [0.1, 0.15) is 29.7 Å². The highest BCUT2D eigenvalue weighted by Crippen LogP contribution is 2.37. The van der Waals surface area contributed by atoms with Crippen molar-refractivity contribution < 1.29 is 9.53 Å². The Balaban J connectivity index is 1.47. The Morgan fingerprint density at radius 2 is 1.81 bits per heavy atom. The van der Waals surface area contributed by atoms with Crippen LogP contribution in [0, 0.1) is 6.92 Å². The number of amides is 1. The third-order valence-electron chi connectivity index (χ3n) is 6.23. The van der Waals surface area contributed by atoms with E-state index >= 15 is 0 Å². The van der Waals surface area contributed by atoms with Crippen LogP contribution in [-0.2, 0) is 10.5 Å². The fourth-order valence-corrected chi connectivity index (χ4v) is 5.26. The standard InChI is InChI=1S/C28H26ClN5O2S/c1-17-6-4-5-7-20(17)16-37-28-32-27-30-18(2)24(26(35)31-22-12-14-23(36-3)15-13-22)25(34(27)33-28)19-8-10-21(29)11-9-19/h4-15,25H,16H2,1-3H3,(H,31,35)(H,30,32,33). The number of benzene rings is 3. The SMILES string of the molecule is COc1ccc(NC(=O)C2=C(C)Nc3nc(SCc4ccccc4C)nn3C2c2ccc(Cl)cc2)cc1. The molecule has 1 amide bonds. The number of carbonyl (C=O) groups excluding carboxylic acids is 1. The largest absolute Gasteiger partial charge is 0.497 e. The zero-order valence-corrected chi connectivity index (χ0v) is 22.2. The molecule has 0 aliphatic carbocycles. The highest BCUT2D eigenvalue weighted by Gasteiger charge is 2.34. The number of carbonyl (C=O) groups is 1. The molecule has 0 saturated heterocycles. The molecule has 1 unspecified atom stereocenters. The molecule has 1 aliphatic rings. The van der Waals surface area contributed by atoms with Crippen molar-refractivity contribution in [3.63, 3.8) is 0 Å². The van der Waals surface area contributed by atoms with Crippen molar-refractivity contribution in [2.45, 2.75) is 30.8 Å². The van der Waals surface area contributed by atoms with Crippen molar-refractivity contribution in [1.82, 2.24) is 14.8 Å². The number of nitrogens with one attached hydrogen (secondary N) is 2. The number of methoxy groups -OCH3 is 1. The van der Waals surface area contributed by atoms with E-state index in [1.54, 1.807) is 47.8 Å². The number of halogens is 1. The summed E-state index contributed by atoms with van der Waals surface area (Å²) in [6.45, 7) is 3.98. The maximum atomic E-state index is 13.6. The second kappa shape index (κ2) is 10.7. The number of fused-ring (bicyclic) bond motifs is 1. The zero-order chi connectivity index (χ0) is 25.9. The van der Waals surface area contributed by atoms with E-state index in [0.717, 1.165) is 17.1 Å². The molecule has 0 bridgehead atoms. The van der Waals surface area contributed by atoms with Crippen LogP contribution in [0.3, 0.4) is 0 Å². The summed E-state index contributed by atoms with van der Waals surface area (Å²) >= 11 is 7.74. The first-order valence-electron chi connectivity index (χ1n) is 11.8. The van der Waals surface area contributed by atoms with Gasteiger partial charge in [-0.1, -0.05) is 59.8 Å². The fourth-order valence-electron chi connectivity index (χ4n) is 4.23. The van der Waals surface area contributed by atoms with Crippen molar-refractivity contribution in [3.05, 3.63) is 106 Å². The average Bonchev–Trinajstić information content (AvgIpc) is 3.30. The van der Waals surface area contributed by atoms with Crippen molar-refractivity contribution >= 4 is 40.9 Å². The van der Waals surface area contributed by atoms with Crippen LogP contribution >= 0.6 is 23.4 Å². The van der Waals surface area contributed by atoms with Gasteiger partial charge in [0.1, 0.15) is 11.8 Å². The minimum atomic E-state index is -0.480. The number of allylic oxidation sites excluding steroid dienone is 1. The Morgan fingerprint density at radius 1 is 1.08 bits per heavy atom. The summed E-state index contributed by atoms with van der Waals surface area (Å²) in [5.41, 5.74) is 5.27. The Bertz CT molecular complexity index is 1460.